The molecule has 7 nitrogen and oxygen atoms in total. The minimum absolute atomic E-state index is 0.349. The summed E-state index contributed by atoms with van der Waals surface area (Å²) in [5, 5.41) is 4.34. The highest BCUT2D eigenvalue weighted by atomic mass is 32.1. The Kier molecular flexibility index (Phi) is 6.46. The zero-order valence-corrected chi connectivity index (χ0v) is 17.2. The van der Waals surface area contributed by atoms with Gasteiger partial charge in [0.15, 0.2) is 16.6 Å². The highest BCUT2D eigenvalue weighted by Crippen LogP contribution is 2.28. The smallest absolute Gasteiger partial charge is 0.283 e. The van der Waals surface area contributed by atoms with Gasteiger partial charge in [0.1, 0.15) is 11.5 Å². The Hall–Kier alpha value is -3.39. The summed E-state index contributed by atoms with van der Waals surface area (Å²) in [6.45, 7) is 4.22. The molecule has 1 aromatic heterocycles. The molecule has 3 rings (SSSR count). The van der Waals surface area contributed by atoms with E-state index in [0.717, 1.165) is 22.5 Å². The monoisotopic (exact) mass is 410 g/mol. The number of carbonyl (C=O) groups excluding carboxylic acids is 1. The molecule has 3 aromatic rings. The molecule has 0 aliphatic heterocycles. The fourth-order valence-corrected chi connectivity index (χ4v) is 3.30. The molecule has 0 unspecified atom stereocenters. The lowest BCUT2D eigenvalue weighted by molar-refractivity contribution is 0.0958. The van der Waals surface area contributed by atoms with Gasteiger partial charge in [-0.25, -0.2) is 10.4 Å². The predicted molar refractivity (Wildman–Crippen MR) is 115 cm³/mol. The topological polar surface area (TPSA) is 98.8 Å². The van der Waals surface area contributed by atoms with Crippen LogP contribution in [0.25, 0.3) is 0 Å². The van der Waals surface area contributed by atoms with Crippen molar-refractivity contribution >= 4 is 28.6 Å². The summed E-state index contributed by atoms with van der Waals surface area (Å²) in [5.41, 5.74) is 11.7. The van der Waals surface area contributed by atoms with Gasteiger partial charge in [-0.05, 0) is 43.2 Å². The minimum Gasteiger partial charge on any atom is -0.493 e. The SMILES string of the molecule is COc1cc(C=NNC(=O)c2sc(N)nc2C)ccc1OCc1ccc(C)cc1. The van der Waals surface area contributed by atoms with Crippen LogP contribution in [0.2, 0.25) is 0 Å². The molecule has 0 aliphatic rings. The van der Waals surface area contributed by atoms with Crippen LogP contribution in [-0.2, 0) is 6.61 Å². The normalized spacial score (nSPS) is 10.9. The number of aromatic nitrogens is 1. The maximum Gasteiger partial charge on any atom is 0.283 e. The Bertz CT molecular complexity index is 1030. The van der Waals surface area contributed by atoms with Crippen LogP contribution in [0.5, 0.6) is 11.5 Å². The zero-order chi connectivity index (χ0) is 20.8. The van der Waals surface area contributed by atoms with Crippen LogP contribution in [0, 0.1) is 13.8 Å². The largest absolute Gasteiger partial charge is 0.493 e. The lowest BCUT2D eigenvalue weighted by Gasteiger charge is -2.11. The third-order valence-electron chi connectivity index (χ3n) is 4.10. The quantitative estimate of drug-likeness (QED) is 0.457. The van der Waals surface area contributed by atoms with E-state index in [2.05, 4.69) is 15.5 Å². The molecule has 2 aromatic carbocycles. The first-order valence-corrected chi connectivity index (χ1v) is 9.70. The van der Waals surface area contributed by atoms with Gasteiger partial charge < -0.3 is 15.2 Å². The predicted octanol–water partition coefficient (Wildman–Crippen LogP) is 3.69. The first kappa shape index (κ1) is 20.3. The van der Waals surface area contributed by atoms with Crippen molar-refractivity contribution in [3.63, 3.8) is 0 Å². The first-order chi connectivity index (χ1) is 14.0. The number of hydrogen-bond acceptors (Lipinski definition) is 7. The van der Waals surface area contributed by atoms with Crippen molar-refractivity contribution in [2.45, 2.75) is 20.5 Å². The maximum absolute atomic E-state index is 12.1. The van der Waals surface area contributed by atoms with Crippen LogP contribution in [-0.4, -0.2) is 24.2 Å². The molecule has 8 heteroatoms. The average molecular weight is 410 g/mol. The summed E-state index contributed by atoms with van der Waals surface area (Å²) in [7, 11) is 1.58. The van der Waals surface area contributed by atoms with Crippen LogP contribution in [0.1, 0.15) is 32.1 Å². The van der Waals surface area contributed by atoms with Crippen molar-refractivity contribution in [2.24, 2.45) is 5.10 Å². The number of rotatable bonds is 7. The molecule has 0 aliphatic carbocycles. The number of amides is 1. The summed E-state index contributed by atoms with van der Waals surface area (Å²) >= 11 is 1.13. The molecule has 0 saturated carbocycles. The summed E-state index contributed by atoms with van der Waals surface area (Å²) in [5.74, 6) is 0.862. The zero-order valence-electron chi connectivity index (χ0n) is 16.4. The lowest BCUT2D eigenvalue weighted by atomic mass is 10.2. The molecule has 3 N–H and O–H groups in total. The molecule has 0 fully saturated rings. The van der Waals surface area contributed by atoms with Gasteiger partial charge in [0.05, 0.1) is 19.0 Å². The first-order valence-electron chi connectivity index (χ1n) is 8.89. The van der Waals surface area contributed by atoms with E-state index >= 15 is 0 Å². The number of nitrogens with zero attached hydrogens (tertiary/aromatic N) is 2. The minimum atomic E-state index is -0.349. The van der Waals surface area contributed by atoms with Gasteiger partial charge >= 0.3 is 0 Å². The van der Waals surface area contributed by atoms with E-state index in [9.17, 15) is 4.79 Å². The number of hydrogen-bond donors (Lipinski definition) is 2. The Morgan fingerprint density at radius 2 is 1.97 bits per heavy atom. The molecule has 1 heterocycles. The molecule has 1 amide bonds. The second-order valence-electron chi connectivity index (χ2n) is 6.35. The molecule has 0 saturated heterocycles. The van der Waals surface area contributed by atoms with Crippen molar-refractivity contribution in [2.75, 3.05) is 12.8 Å². The molecule has 0 atom stereocenters. The molecular formula is C21H22N4O3S. The number of carbonyl (C=O) groups is 1. The number of ether oxygens (including phenoxy) is 2. The van der Waals surface area contributed by atoms with Gasteiger partial charge in [-0.1, -0.05) is 41.2 Å². The van der Waals surface area contributed by atoms with E-state index in [4.69, 9.17) is 15.2 Å². The Labute approximate surface area is 173 Å². The van der Waals surface area contributed by atoms with Crippen LogP contribution in [0.15, 0.2) is 47.6 Å². The highest BCUT2D eigenvalue weighted by molar-refractivity contribution is 7.17. The maximum atomic E-state index is 12.1. The van der Waals surface area contributed by atoms with Crippen molar-refractivity contribution in [3.8, 4) is 11.5 Å². The standard InChI is InChI=1S/C21H22N4O3S/c1-13-4-6-15(7-5-13)12-28-17-9-8-16(10-18(17)27-3)11-23-25-20(26)19-14(2)24-21(22)29-19/h4-11H,12H2,1-3H3,(H2,22,24)(H,25,26). The Balaban J connectivity index is 1.63. The van der Waals surface area contributed by atoms with Gasteiger partial charge in [0.25, 0.3) is 5.91 Å². The van der Waals surface area contributed by atoms with Crippen LogP contribution >= 0.6 is 11.3 Å². The molecule has 0 radical (unpaired) electrons. The molecule has 0 spiro atoms. The van der Waals surface area contributed by atoms with E-state index in [1.54, 1.807) is 20.1 Å². The van der Waals surface area contributed by atoms with Crippen LogP contribution in [0.3, 0.4) is 0 Å². The summed E-state index contributed by atoms with van der Waals surface area (Å²) in [6, 6.07) is 13.6. The number of nitrogen functional groups attached to an aromatic ring is 1. The molecular weight excluding hydrogens is 388 g/mol. The number of nitrogens with one attached hydrogen (secondary N) is 1. The molecule has 150 valence electrons. The summed E-state index contributed by atoms with van der Waals surface area (Å²) < 4.78 is 11.3. The summed E-state index contributed by atoms with van der Waals surface area (Å²) in [6.07, 6.45) is 1.53. The van der Waals surface area contributed by atoms with Crippen molar-refractivity contribution < 1.29 is 14.3 Å². The van der Waals surface area contributed by atoms with E-state index in [0.29, 0.717) is 33.8 Å². The third-order valence-corrected chi connectivity index (χ3v) is 5.09. The number of methoxy groups -OCH3 is 1. The van der Waals surface area contributed by atoms with Gasteiger partial charge in [-0.15, -0.1) is 0 Å². The van der Waals surface area contributed by atoms with E-state index in [1.807, 2.05) is 43.3 Å². The van der Waals surface area contributed by atoms with Crippen molar-refractivity contribution in [3.05, 3.63) is 69.7 Å². The van der Waals surface area contributed by atoms with E-state index in [1.165, 1.54) is 11.8 Å². The fraction of sp³-hybridized carbons (Fsp3) is 0.190. The van der Waals surface area contributed by atoms with E-state index in [-0.39, 0.29) is 5.91 Å². The van der Waals surface area contributed by atoms with Crippen molar-refractivity contribution in [1.29, 1.82) is 0 Å². The van der Waals surface area contributed by atoms with Gasteiger partial charge in [0.2, 0.25) is 0 Å². The van der Waals surface area contributed by atoms with Crippen LogP contribution in [0.4, 0.5) is 5.13 Å². The van der Waals surface area contributed by atoms with Gasteiger partial charge in [-0.2, -0.15) is 5.10 Å². The number of nitrogens with two attached hydrogens (primary N) is 1. The van der Waals surface area contributed by atoms with Gasteiger partial charge in [-0.3, -0.25) is 4.79 Å². The number of anilines is 1. The van der Waals surface area contributed by atoms with Crippen molar-refractivity contribution in [1.82, 2.24) is 10.4 Å². The molecule has 29 heavy (non-hydrogen) atoms. The fourth-order valence-electron chi connectivity index (χ4n) is 2.57. The third kappa shape index (κ3) is 5.32. The highest BCUT2D eigenvalue weighted by Gasteiger charge is 2.13. The number of thiazole rings is 1. The lowest BCUT2D eigenvalue weighted by Crippen LogP contribution is -2.17. The van der Waals surface area contributed by atoms with E-state index < -0.39 is 0 Å². The second-order valence-corrected chi connectivity index (χ2v) is 7.38. The average Bonchev–Trinajstić information content (AvgIpc) is 3.06. The van der Waals surface area contributed by atoms with Gasteiger partial charge in [0, 0.05) is 0 Å². The number of hydrazone groups is 1. The molecule has 0 bridgehead atoms. The summed E-state index contributed by atoms with van der Waals surface area (Å²) in [4.78, 5) is 16.6. The Morgan fingerprint density at radius 1 is 1.21 bits per heavy atom. The Morgan fingerprint density at radius 3 is 2.62 bits per heavy atom. The number of aryl methyl sites for hydroxylation is 2. The van der Waals surface area contributed by atoms with Crippen LogP contribution < -0.4 is 20.6 Å². The second kappa shape index (κ2) is 9.20. The number of benzene rings is 2.